The quantitative estimate of drug-likeness (QED) is 0.439. The van der Waals surface area contributed by atoms with Crippen LogP contribution in [0.2, 0.25) is 0 Å². The first kappa shape index (κ1) is 20.2. The average molecular weight is 439 g/mol. The predicted octanol–water partition coefficient (Wildman–Crippen LogP) is 4.13. The van der Waals surface area contributed by atoms with Gasteiger partial charge in [0.15, 0.2) is 0 Å². The third kappa shape index (κ3) is 4.73. The highest BCUT2D eigenvalue weighted by Gasteiger charge is 2.17. The topological polar surface area (TPSA) is 85.4 Å². The fourth-order valence-electron chi connectivity index (χ4n) is 2.84. The molecular formula is C22H18N2O4S2. The standard InChI is InChI=1S/C22H18N2O4S2/c25-22(28-15-21-24-19-11-4-5-12-20(19)29-21)17-9-6-10-18(13-17)30(26,27)23-14-16-7-2-1-3-8-16/h1-13,23H,14-15H2. The van der Waals surface area contributed by atoms with Gasteiger partial charge in [-0.05, 0) is 35.9 Å². The molecule has 0 spiro atoms. The number of thiazole rings is 1. The predicted molar refractivity (Wildman–Crippen MR) is 116 cm³/mol. The lowest BCUT2D eigenvalue weighted by molar-refractivity contribution is 0.0472. The summed E-state index contributed by atoms with van der Waals surface area (Å²) < 4.78 is 34.1. The highest BCUT2D eigenvalue weighted by atomic mass is 32.2. The molecule has 8 heteroatoms. The number of fused-ring (bicyclic) bond motifs is 1. The third-order valence-corrected chi connectivity index (χ3v) is 6.76. The van der Waals surface area contributed by atoms with Gasteiger partial charge in [-0.25, -0.2) is 22.9 Å². The van der Waals surface area contributed by atoms with E-state index in [9.17, 15) is 13.2 Å². The zero-order valence-electron chi connectivity index (χ0n) is 15.8. The van der Waals surface area contributed by atoms with E-state index in [1.54, 1.807) is 0 Å². The molecule has 4 aromatic rings. The van der Waals surface area contributed by atoms with Crippen molar-refractivity contribution in [3.8, 4) is 0 Å². The highest BCUT2D eigenvalue weighted by Crippen LogP contribution is 2.22. The molecule has 0 saturated carbocycles. The lowest BCUT2D eigenvalue weighted by atomic mass is 10.2. The molecule has 0 atom stereocenters. The minimum absolute atomic E-state index is 0.00729. The number of benzene rings is 3. The van der Waals surface area contributed by atoms with Gasteiger partial charge in [0.2, 0.25) is 10.0 Å². The number of esters is 1. The van der Waals surface area contributed by atoms with Gasteiger partial charge in [0.25, 0.3) is 0 Å². The number of para-hydroxylation sites is 1. The molecule has 1 aromatic heterocycles. The lowest BCUT2D eigenvalue weighted by Crippen LogP contribution is -2.23. The number of nitrogens with one attached hydrogen (secondary N) is 1. The van der Waals surface area contributed by atoms with Gasteiger partial charge in [0.05, 0.1) is 20.7 Å². The summed E-state index contributed by atoms with van der Waals surface area (Å²) in [6.45, 7) is 0.191. The van der Waals surface area contributed by atoms with Crippen LogP contribution >= 0.6 is 11.3 Å². The number of aromatic nitrogens is 1. The number of rotatable bonds is 7. The first-order valence-electron chi connectivity index (χ1n) is 9.16. The number of hydrogen-bond acceptors (Lipinski definition) is 6. The van der Waals surface area contributed by atoms with Crippen LogP contribution in [0.15, 0.2) is 83.8 Å². The Morgan fingerprint density at radius 3 is 2.53 bits per heavy atom. The molecule has 0 amide bonds. The number of carbonyl (C=O) groups is 1. The van der Waals surface area contributed by atoms with Crippen molar-refractivity contribution in [1.29, 1.82) is 0 Å². The van der Waals surface area contributed by atoms with Crippen molar-refractivity contribution >= 4 is 37.5 Å². The molecule has 0 fully saturated rings. The molecule has 152 valence electrons. The maximum atomic E-state index is 12.6. The average Bonchev–Trinajstić information content (AvgIpc) is 3.20. The summed E-state index contributed by atoms with van der Waals surface area (Å²) in [7, 11) is -3.77. The van der Waals surface area contributed by atoms with E-state index in [1.165, 1.54) is 35.6 Å². The van der Waals surface area contributed by atoms with Crippen LogP contribution in [0.5, 0.6) is 0 Å². The Kier molecular flexibility index (Phi) is 5.89. The van der Waals surface area contributed by atoms with E-state index in [4.69, 9.17) is 4.74 Å². The van der Waals surface area contributed by atoms with Crippen LogP contribution < -0.4 is 4.72 Å². The molecule has 1 heterocycles. The van der Waals surface area contributed by atoms with Crippen LogP contribution in [0.25, 0.3) is 10.2 Å². The molecule has 3 aromatic carbocycles. The SMILES string of the molecule is O=C(OCc1nc2ccccc2s1)c1cccc(S(=O)(=O)NCc2ccccc2)c1. The maximum absolute atomic E-state index is 12.6. The summed E-state index contributed by atoms with van der Waals surface area (Å²) in [5, 5.41) is 0.679. The van der Waals surface area contributed by atoms with Gasteiger partial charge in [-0.2, -0.15) is 0 Å². The summed E-state index contributed by atoms with van der Waals surface area (Å²) in [4.78, 5) is 16.9. The normalized spacial score (nSPS) is 11.5. The fraction of sp³-hybridized carbons (Fsp3) is 0.0909. The number of carbonyl (C=O) groups excluding carboxylic acids is 1. The minimum Gasteiger partial charge on any atom is -0.455 e. The molecule has 0 unspecified atom stereocenters. The van der Waals surface area contributed by atoms with E-state index in [-0.39, 0.29) is 23.6 Å². The Hall–Kier alpha value is -3.07. The van der Waals surface area contributed by atoms with Crippen molar-refractivity contribution in [1.82, 2.24) is 9.71 Å². The fourth-order valence-corrected chi connectivity index (χ4v) is 4.78. The van der Waals surface area contributed by atoms with Gasteiger partial charge in [-0.1, -0.05) is 48.5 Å². The van der Waals surface area contributed by atoms with Gasteiger partial charge < -0.3 is 4.74 Å². The largest absolute Gasteiger partial charge is 0.455 e. The molecule has 0 aliphatic heterocycles. The maximum Gasteiger partial charge on any atom is 0.338 e. The second-order valence-corrected chi connectivity index (χ2v) is 9.37. The van der Waals surface area contributed by atoms with Crippen molar-refractivity contribution in [2.24, 2.45) is 0 Å². The third-order valence-electron chi connectivity index (χ3n) is 4.35. The second-order valence-electron chi connectivity index (χ2n) is 6.49. The summed E-state index contributed by atoms with van der Waals surface area (Å²) >= 11 is 1.45. The van der Waals surface area contributed by atoms with Gasteiger partial charge >= 0.3 is 5.97 Å². The van der Waals surface area contributed by atoms with Crippen LogP contribution in [0.4, 0.5) is 0 Å². The van der Waals surface area contributed by atoms with Crippen molar-refractivity contribution in [3.63, 3.8) is 0 Å². The van der Waals surface area contributed by atoms with E-state index in [0.29, 0.717) is 5.01 Å². The number of hydrogen-bond donors (Lipinski definition) is 1. The summed E-state index contributed by atoms with van der Waals surface area (Å²) in [5.74, 6) is -0.602. The zero-order chi connectivity index (χ0) is 21.0. The number of nitrogens with zero attached hydrogens (tertiary/aromatic N) is 1. The van der Waals surface area contributed by atoms with E-state index in [1.807, 2.05) is 54.6 Å². The molecule has 0 saturated heterocycles. The summed E-state index contributed by atoms with van der Waals surface area (Å²) in [5.41, 5.74) is 1.86. The molecule has 0 aliphatic rings. The van der Waals surface area contributed by atoms with E-state index in [2.05, 4.69) is 9.71 Å². The Morgan fingerprint density at radius 1 is 0.967 bits per heavy atom. The number of sulfonamides is 1. The first-order chi connectivity index (χ1) is 14.5. The molecular weight excluding hydrogens is 420 g/mol. The van der Waals surface area contributed by atoms with Gasteiger partial charge in [-0.3, -0.25) is 0 Å². The Morgan fingerprint density at radius 2 is 1.73 bits per heavy atom. The van der Waals surface area contributed by atoms with Gasteiger partial charge in [0, 0.05) is 6.54 Å². The zero-order valence-corrected chi connectivity index (χ0v) is 17.4. The van der Waals surface area contributed by atoms with Crippen LogP contribution in [0.3, 0.4) is 0 Å². The van der Waals surface area contributed by atoms with Gasteiger partial charge in [-0.15, -0.1) is 11.3 Å². The molecule has 4 rings (SSSR count). The van der Waals surface area contributed by atoms with E-state index >= 15 is 0 Å². The Bertz CT molecular complexity index is 1250. The molecule has 0 radical (unpaired) electrons. The monoisotopic (exact) mass is 438 g/mol. The molecule has 0 bridgehead atoms. The molecule has 1 N–H and O–H groups in total. The Balaban J connectivity index is 1.43. The highest BCUT2D eigenvalue weighted by molar-refractivity contribution is 7.89. The summed E-state index contributed by atoms with van der Waals surface area (Å²) in [6, 6.07) is 22.7. The van der Waals surface area contributed by atoms with Crippen molar-refractivity contribution in [2.75, 3.05) is 0 Å². The lowest BCUT2D eigenvalue weighted by Gasteiger charge is -2.08. The molecule has 0 aliphatic carbocycles. The summed E-state index contributed by atoms with van der Waals surface area (Å²) in [6.07, 6.45) is 0. The van der Waals surface area contributed by atoms with Crippen molar-refractivity contribution in [2.45, 2.75) is 18.0 Å². The molecule has 6 nitrogen and oxygen atoms in total. The van der Waals surface area contributed by atoms with Crippen molar-refractivity contribution < 1.29 is 17.9 Å². The smallest absolute Gasteiger partial charge is 0.338 e. The van der Waals surface area contributed by atoms with Crippen molar-refractivity contribution in [3.05, 3.63) is 95.0 Å². The number of ether oxygens (including phenoxy) is 1. The molecule has 30 heavy (non-hydrogen) atoms. The van der Waals surface area contributed by atoms with Crippen LogP contribution in [0, 0.1) is 0 Å². The first-order valence-corrected chi connectivity index (χ1v) is 11.5. The van der Waals surface area contributed by atoms with Crippen LogP contribution in [0.1, 0.15) is 20.9 Å². The van der Waals surface area contributed by atoms with E-state index in [0.717, 1.165) is 15.8 Å². The second kappa shape index (κ2) is 8.74. The minimum atomic E-state index is -3.77. The van der Waals surface area contributed by atoms with Crippen LogP contribution in [-0.4, -0.2) is 19.4 Å². The van der Waals surface area contributed by atoms with Crippen LogP contribution in [-0.2, 0) is 27.9 Å². The van der Waals surface area contributed by atoms with Gasteiger partial charge in [0.1, 0.15) is 11.6 Å². The Labute approximate surface area is 178 Å². The van der Waals surface area contributed by atoms with E-state index < -0.39 is 16.0 Å².